The van der Waals surface area contributed by atoms with Gasteiger partial charge in [0.05, 0.1) is 41.0 Å². The Hall–Kier alpha value is -3.77. The van der Waals surface area contributed by atoms with Crippen LogP contribution in [-0.4, -0.2) is 24.3 Å². The lowest BCUT2D eigenvalue weighted by atomic mass is 9.94. The van der Waals surface area contributed by atoms with Crippen LogP contribution in [-0.2, 0) is 6.54 Å². The monoisotopic (exact) mass is 448 g/mol. The first kappa shape index (κ1) is 20.8. The Balaban J connectivity index is 1.40. The molecule has 6 heteroatoms. The second-order valence-electron chi connectivity index (χ2n) is 9.03. The van der Waals surface area contributed by atoms with E-state index in [2.05, 4.69) is 76.5 Å². The van der Waals surface area contributed by atoms with Crippen molar-refractivity contribution in [3.63, 3.8) is 0 Å². The molecule has 0 saturated carbocycles. The third-order valence-electron chi connectivity index (χ3n) is 6.84. The zero-order valence-corrected chi connectivity index (χ0v) is 19.3. The summed E-state index contributed by atoms with van der Waals surface area (Å²) in [6, 6.07) is 23.4. The highest BCUT2D eigenvalue weighted by Gasteiger charge is 2.29. The summed E-state index contributed by atoms with van der Waals surface area (Å²) in [6.45, 7) is 2.88. The van der Waals surface area contributed by atoms with Crippen molar-refractivity contribution >= 4 is 11.0 Å². The molecular formula is C28H28N6. The largest absolute Gasteiger partial charge is 0.322 e. The minimum Gasteiger partial charge on any atom is -0.322 e. The van der Waals surface area contributed by atoms with Crippen LogP contribution in [0.15, 0.2) is 85.3 Å². The van der Waals surface area contributed by atoms with Gasteiger partial charge in [0, 0.05) is 18.6 Å². The molecule has 1 aliphatic rings. The number of imidazole rings is 1. The quantitative estimate of drug-likeness (QED) is 0.384. The van der Waals surface area contributed by atoms with E-state index in [1.54, 1.807) is 0 Å². The summed E-state index contributed by atoms with van der Waals surface area (Å²) in [7, 11) is 0. The van der Waals surface area contributed by atoms with Gasteiger partial charge >= 0.3 is 0 Å². The predicted octanol–water partition coefficient (Wildman–Crippen LogP) is 5.53. The number of aryl methyl sites for hydroxylation is 1. The van der Waals surface area contributed by atoms with Crippen molar-refractivity contribution in [2.24, 2.45) is 0 Å². The topological polar surface area (TPSA) is 60.6 Å². The van der Waals surface area contributed by atoms with Crippen molar-refractivity contribution in [2.75, 3.05) is 0 Å². The van der Waals surface area contributed by atoms with Gasteiger partial charge in [0.1, 0.15) is 5.82 Å². The third kappa shape index (κ3) is 3.80. The summed E-state index contributed by atoms with van der Waals surface area (Å²) < 4.78 is 4.32. The molecule has 0 spiro atoms. The number of para-hydroxylation sites is 3. The predicted molar refractivity (Wildman–Crippen MR) is 134 cm³/mol. The zero-order valence-electron chi connectivity index (χ0n) is 19.3. The molecule has 34 heavy (non-hydrogen) atoms. The second-order valence-corrected chi connectivity index (χ2v) is 9.03. The minimum absolute atomic E-state index is 0.171. The highest BCUT2D eigenvalue weighted by Crippen LogP contribution is 2.34. The Morgan fingerprint density at radius 2 is 1.76 bits per heavy atom. The minimum atomic E-state index is 0.171. The second kappa shape index (κ2) is 8.88. The molecule has 6 nitrogen and oxygen atoms in total. The van der Waals surface area contributed by atoms with E-state index in [0.29, 0.717) is 0 Å². The number of benzene rings is 2. The van der Waals surface area contributed by atoms with Gasteiger partial charge in [-0.05, 0) is 67.6 Å². The zero-order chi connectivity index (χ0) is 22.9. The Morgan fingerprint density at radius 3 is 2.65 bits per heavy atom. The third-order valence-corrected chi connectivity index (χ3v) is 6.84. The molecule has 0 radical (unpaired) electrons. The van der Waals surface area contributed by atoms with Crippen LogP contribution in [0.4, 0.5) is 0 Å². The van der Waals surface area contributed by atoms with E-state index in [1.165, 1.54) is 11.1 Å². The van der Waals surface area contributed by atoms with Gasteiger partial charge in [0.25, 0.3) is 0 Å². The molecule has 6 rings (SSSR count). The first-order valence-corrected chi connectivity index (χ1v) is 12.0. The van der Waals surface area contributed by atoms with Crippen LogP contribution in [0.3, 0.4) is 0 Å². The summed E-state index contributed by atoms with van der Waals surface area (Å²) in [5, 5.41) is 8.37. The molecule has 2 atom stereocenters. The highest BCUT2D eigenvalue weighted by molar-refractivity contribution is 5.76. The smallest absolute Gasteiger partial charge is 0.127 e. The maximum absolute atomic E-state index is 5.13. The van der Waals surface area contributed by atoms with Gasteiger partial charge in [0.2, 0.25) is 0 Å². The SMILES string of the molecule is Cc1cccnc1[C@@H]1CCC[C@H](c2nc3ccccc3n2Cc2ccccc2-n2cccn2)N1. The molecule has 0 bridgehead atoms. The summed E-state index contributed by atoms with van der Waals surface area (Å²) in [4.78, 5) is 9.84. The van der Waals surface area contributed by atoms with E-state index < -0.39 is 0 Å². The van der Waals surface area contributed by atoms with Gasteiger partial charge < -0.3 is 4.57 Å². The summed E-state index contributed by atoms with van der Waals surface area (Å²) in [5.41, 5.74) is 6.89. The average Bonchev–Trinajstić information content (AvgIpc) is 3.54. The van der Waals surface area contributed by atoms with E-state index in [0.717, 1.165) is 54.0 Å². The summed E-state index contributed by atoms with van der Waals surface area (Å²) in [6.07, 6.45) is 9.01. The van der Waals surface area contributed by atoms with Crippen LogP contribution in [0.5, 0.6) is 0 Å². The standard InChI is InChI=1S/C28H28N6/c1-20-9-7-16-29-27(20)23-12-6-13-24(31-23)28-32-22-11-3-5-15-26(22)33(28)19-21-10-2-4-14-25(21)34-18-8-17-30-34/h2-5,7-11,14-18,23-24,31H,6,12-13,19H2,1H3/t23-,24+/m0/s1. The van der Waals surface area contributed by atoms with Crippen LogP contribution in [0.25, 0.3) is 16.7 Å². The van der Waals surface area contributed by atoms with Crippen LogP contribution in [0.1, 0.15) is 54.0 Å². The fourth-order valence-corrected chi connectivity index (χ4v) is 5.19. The van der Waals surface area contributed by atoms with Gasteiger partial charge in [-0.3, -0.25) is 10.3 Å². The number of fused-ring (bicyclic) bond motifs is 1. The molecule has 170 valence electrons. The number of hydrogen-bond acceptors (Lipinski definition) is 4. The first-order valence-electron chi connectivity index (χ1n) is 12.0. The van der Waals surface area contributed by atoms with Crippen molar-refractivity contribution in [3.8, 4) is 5.69 Å². The first-order chi connectivity index (χ1) is 16.8. The number of aromatic nitrogens is 5. The highest BCUT2D eigenvalue weighted by atomic mass is 15.3. The van der Waals surface area contributed by atoms with Gasteiger partial charge in [0.15, 0.2) is 0 Å². The lowest BCUT2D eigenvalue weighted by Gasteiger charge is -2.31. The molecule has 1 N–H and O–H groups in total. The van der Waals surface area contributed by atoms with E-state index in [4.69, 9.17) is 9.97 Å². The normalized spacial score (nSPS) is 18.4. The van der Waals surface area contributed by atoms with Crippen molar-refractivity contribution in [2.45, 2.75) is 44.8 Å². The van der Waals surface area contributed by atoms with Crippen LogP contribution >= 0.6 is 0 Å². The lowest BCUT2D eigenvalue weighted by molar-refractivity contribution is 0.310. The number of rotatable bonds is 5. The maximum Gasteiger partial charge on any atom is 0.127 e. The molecule has 1 fully saturated rings. The number of pyridine rings is 1. The number of nitrogens with one attached hydrogen (secondary N) is 1. The Bertz CT molecular complexity index is 1420. The van der Waals surface area contributed by atoms with Crippen LogP contribution in [0, 0.1) is 6.92 Å². The van der Waals surface area contributed by atoms with Gasteiger partial charge in [-0.25, -0.2) is 9.67 Å². The lowest BCUT2D eigenvalue weighted by Crippen LogP contribution is -2.33. The number of piperidine rings is 1. The van der Waals surface area contributed by atoms with Gasteiger partial charge in [-0.2, -0.15) is 5.10 Å². The molecule has 0 aliphatic carbocycles. The molecule has 3 aromatic heterocycles. The van der Waals surface area contributed by atoms with E-state index in [-0.39, 0.29) is 12.1 Å². The molecule has 1 aliphatic heterocycles. The fraction of sp³-hybridized carbons (Fsp3) is 0.250. The van der Waals surface area contributed by atoms with Crippen molar-refractivity contribution < 1.29 is 0 Å². The molecule has 5 aromatic rings. The van der Waals surface area contributed by atoms with Gasteiger partial charge in [-0.1, -0.05) is 36.4 Å². The summed E-state index contributed by atoms with van der Waals surface area (Å²) >= 11 is 0. The molecule has 2 aromatic carbocycles. The number of hydrogen-bond donors (Lipinski definition) is 1. The molecule has 4 heterocycles. The fourth-order valence-electron chi connectivity index (χ4n) is 5.19. The Labute approximate surface area is 199 Å². The molecule has 0 amide bonds. The summed E-state index contributed by atoms with van der Waals surface area (Å²) in [5.74, 6) is 1.09. The van der Waals surface area contributed by atoms with Crippen LogP contribution in [0.2, 0.25) is 0 Å². The number of nitrogens with zero attached hydrogens (tertiary/aromatic N) is 5. The molecule has 0 unspecified atom stereocenters. The molecular weight excluding hydrogens is 420 g/mol. The van der Waals surface area contributed by atoms with Crippen LogP contribution < -0.4 is 5.32 Å². The average molecular weight is 449 g/mol. The van der Waals surface area contributed by atoms with E-state index >= 15 is 0 Å². The van der Waals surface area contributed by atoms with E-state index in [1.807, 2.05) is 35.4 Å². The van der Waals surface area contributed by atoms with Crippen molar-refractivity contribution in [1.82, 2.24) is 29.6 Å². The van der Waals surface area contributed by atoms with E-state index in [9.17, 15) is 0 Å². The maximum atomic E-state index is 5.13. The Kier molecular flexibility index (Phi) is 5.43. The van der Waals surface area contributed by atoms with Crippen molar-refractivity contribution in [1.29, 1.82) is 0 Å². The Morgan fingerprint density at radius 1 is 0.912 bits per heavy atom. The van der Waals surface area contributed by atoms with Gasteiger partial charge in [-0.15, -0.1) is 0 Å². The van der Waals surface area contributed by atoms with Crippen molar-refractivity contribution in [3.05, 3.63) is 108 Å². The molecule has 1 saturated heterocycles.